The van der Waals surface area contributed by atoms with Gasteiger partial charge in [0.25, 0.3) is 0 Å². The monoisotopic (exact) mass is 258 g/mol. The van der Waals surface area contributed by atoms with Crippen LogP contribution in [-0.2, 0) is 4.79 Å². The van der Waals surface area contributed by atoms with Gasteiger partial charge in [-0.3, -0.25) is 4.79 Å². The van der Waals surface area contributed by atoms with Crippen LogP contribution in [0.2, 0.25) is 0 Å². The molecular weight excluding hydrogens is 246 g/mol. The highest BCUT2D eigenvalue weighted by molar-refractivity contribution is 7.80. The van der Waals surface area contributed by atoms with E-state index in [0.29, 0.717) is 18.7 Å². The molecule has 1 aliphatic heterocycles. The largest absolute Gasteiger partial charge is 0.395 e. The number of nitrogens with zero attached hydrogens (tertiary/aromatic N) is 1. The summed E-state index contributed by atoms with van der Waals surface area (Å²) in [5, 5.41) is 0. The number of anilines is 2. The smallest absolute Gasteiger partial charge is 0.227 e. The molecule has 2 N–H and O–H groups in total. The molecule has 1 amide bonds. The van der Waals surface area contributed by atoms with Gasteiger partial charge in [-0.15, -0.1) is 0 Å². The second-order valence-electron chi connectivity index (χ2n) is 4.05. The molecule has 0 aromatic heterocycles. The quantitative estimate of drug-likeness (QED) is 0.628. The lowest BCUT2D eigenvalue weighted by molar-refractivity contribution is -0.117. The third kappa shape index (κ3) is 2.09. The third-order valence-corrected chi connectivity index (χ3v) is 3.38. The lowest BCUT2D eigenvalue weighted by Gasteiger charge is -2.19. The molecule has 1 aromatic carbocycles. The molecule has 6 heteroatoms. The third-order valence-electron chi connectivity index (χ3n) is 2.86. The molecule has 0 radical (unpaired) electrons. The van der Waals surface area contributed by atoms with E-state index in [1.165, 1.54) is 11.0 Å². The van der Waals surface area contributed by atoms with Gasteiger partial charge in [0.1, 0.15) is 0 Å². The molecule has 1 unspecified atom stereocenters. The molecule has 0 saturated carbocycles. The molecule has 1 fully saturated rings. The van der Waals surface area contributed by atoms with Crippen LogP contribution in [0.25, 0.3) is 0 Å². The van der Waals surface area contributed by atoms with Crippen LogP contribution in [0.3, 0.4) is 0 Å². The van der Waals surface area contributed by atoms with Gasteiger partial charge in [0.05, 0.1) is 11.4 Å². The first kappa shape index (κ1) is 12.2. The summed E-state index contributed by atoms with van der Waals surface area (Å²) in [6.45, 7) is 0.442. The van der Waals surface area contributed by atoms with Crippen LogP contribution in [-0.4, -0.2) is 18.2 Å². The zero-order chi connectivity index (χ0) is 12.6. The van der Waals surface area contributed by atoms with Crippen LogP contribution < -0.4 is 10.6 Å². The SMILES string of the molecule is Nc1c(N2CC(CS)CC2=O)ccc(F)c1F. The maximum Gasteiger partial charge on any atom is 0.227 e. The zero-order valence-electron chi connectivity index (χ0n) is 8.99. The van der Waals surface area contributed by atoms with E-state index in [0.717, 1.165) is 6.07 Å². The summed E-state index contributed by atoms with van der Waals surface area (Å²) >= 11 is 4.13. The molecule has 1 heterocycles. The molecule has 0 aliphatic carbocycles. The van der Waals surface area contributed by atoms with E-state index in [9.17, 15) is 13.6 Å². The van der Waals surface area contributed by atoms with E-state index in [1.54, 1.807) is 0 Å². The maximum absolute atomic E-state index is 13.3. The number of carbonyl (C=O) groups is 1. The molecule has 3 nitrogen and oxygen atoms in total. The molecule has 1 aliphatic rings. The Kier molecular flexibility index (Phi) is 3.24. The van der Waals surface area contributed by atoms with Gasteiger partial charge in [0, 0.05) is 13.0 Å². The number of rotatable bonds is 2. The minimum atomic E-state index is -1.11. The number of amides is 1. The Morgan fingerprint density at radius 1 is 1.47 bits per heavy atom. The van der Waals surface area contributed by atoms with Gasteiger partial charge in [0.15, 0.2) is 11.6 Å². The lowest BCUT2D eigenvalue weighted by Crippen LogP contribution is -2.26. The van der Waals surface area contributed by atoms with Crippen LogP contribution in [0.4, 0.5) is 20.2 Å². The van der Waals surface area contributed by atoms with E-state index < -0.39 is 11.6 Å². The highest BCUT2D eigenvalue weighted by Gasteiger charge is 2.31. The van der Waals surface area contributed by atoms with Gasteiger partial charge in [-0.05, 0) is 23.8 Å². The number of nitrogen functional groups attached to an aromatic ring is 1. The molecule has 0 bridgehead atoms. The van der Waals surface area contributed by atoms with Gasteiger partial charge in [-0.25, -0.2) is 8.78 Å². The minimum absolute atomic E-state index is 0.123. The summed E-state index contributed by atoms with van der Waals surface area (Å²) in [6, 6.07) is 2.30. The van der Waals surface area contributed by atoms with Crippen molar-refractivity contribution in [3.8, 4) is 0 Å². The average Bonchev–Trinajstić information content (AvgIpc) is 2.68. The number of carbonyl (C=O) groups excluding carboxylic acids is 1. The van der Waals surface area contributed by atoms with Crippen molar-refractivity contribution in [3.05, 3.63) is 23.8 Å². The van der Waals surface area contributed by atoms with Crippen LogP contribution in [0.5, 0.6) is 0 Å². The number of thiol groups is 1. The van der Waals surface area contributed by atoms with Gasteiger partial charge < -0.3 is 10.6 Å². The molecule has 1 atom stereocenters. The Balaban J connectivity index is 2.35. The van der Waals surface area contributed by atoms with Crippen molar-refractivity contribution in [3.63, 3.8) is 0 Å². The summed E-state index contributed by atoms with van der Waals surface area (Å²) in [5.41, 5.74) is 5.40. The zero-order valence-corrected chi connectivity index (χ0v) is 9.88. The summed E-state index contributed by atoms with van der Waals surface area (Å²) in [5.74, 6) is -1.56. The number of benzene rings is 1. The van der Waals surface area contributed by atoms with E-state index in [2.05, 4.69) is 12.6 Å². The highest BCUT2D eigenvalue weighted by Crippen LogP contribution is 2.32. The first-order valence-corrected chi connectivity index (χ1v) is 5.82. The Hall–Kier alpha value is -1.30. The molecule has 2 rings (SSSR count). The Labute approximate surface area is 103 Å². The van der Waals surface area contributed by atoms with E-state index in [1.807, 2.05) is 0 Å². The summed E-state index contributed by atoms with van der Waals surface area (Å²) in [6.07, 6.45) is 0.363. The average molecular weight is 258 g/mol. The Morgan fingerprint density at radius 2 is 2.18 bits per heavy atom. The molecule has 92 valence electrons. The summed E-state index contributed by atoms with van der Waals surface area (Å²) in [4.78, 5) is 13.1. The molecular formula is C11H12F2N2OS. The van der Waals surface area contributed by atoms with Crippen LogP contribution in [0.15, 0.2) is 12.1 Å². The van der Waals surface area contributed by atoms with Crippen LogP contribution in [0, 0.1) is 17.6 Å². The van der Waals surface area contributed by atoms with Gasteiger partial charge in [0.2, 0.25) is 5.91 Å². The van der Waals surface area contributed by atoms with Crippen LogP contribution in [0.1, 0.15) is 6.42 Å². The molecule has 0 spiro atoms. The van der Waals surface area contributed by atoms with Crippen molar-refractivity contribution in [2.45, 2.75) is 6.42 Å². The van der Waals surface area contributed by atoms with Crippen molar-refractivity contribution in [2.24, 2.45) is 5.92 Å². The van der Waals surface area contributed by atoms with Crippen molar-refractivity contribution < 1.29 is 13.6 Å². The van der Waals surface area contributed by atoms with Crippen LogP contribution >= 0.6 is 12.6 Å². The van der Waals surface area contributed by atoms with Gasteiger partial charge in [-0.1, -0.05) is 0 Å². The fourth-order valence-corrected chi connectivity index (χ4v) is 2.17. The summed E-state index contributed by atoms with van der Waals surface area (Å²) < 4.78 is 26.2. The number of hydrogen-bond donors (Lipinski definition) is 2. The van der Waals surface area contributed by atoms with E-state index in [4.69, 9.17) is 5.73 Å². The Morgan fingerprint density at radius 3 is 2.76 bits per heavy atom. The fraction of sp³-hybridized carbons (Fsp3) is 0.364. The number of hydrogen-bond acceptors (Lipinski definition) is 3. The first-order valence-electron chi connectivity index (χ1n) is 5.19. The predicted molar refractivity (Wildman–Crippen MR) is 65.1 cm³/mol. The minimum Gasteiger partial charge on any atom is -0.395 e. The fourth-order valence-electron chi connectivity index (χ4n) is 1.93. The van der Waals surface area contributed by atoms with Crippen molar-refractivity contribution in [2.75, 3.05) is 22.9 Å². The second kappa shape index (κ2) is 4.52. The molecule has 1 aromatic rings. The first-order chi connectivity index (χ1) is 8.04. The van der Waals surface area contributed by atoms with Crippen molar-refractivity contribution in [1.29, 1.82) is 0 Å². The topological polar surface area (TPSA) is 46.3 Å². The standard InChI is InChI=1S/C11H12F2N2OS/c12-7-1-2-8(11(14)10(7)13)15-4-6(5-17)3-9(15)16/h1-2,6,17H,3-5,14H2. The maximum atomic E-state index is 13.3. The second-order valence-corrected chi connectivity index (χ2v) is 4.42. The predicted octanol–water partition coefficient (Wildman–Crippen LogP) is 1.83. The normalized spacial score (nSPS) is 20.1. The van der Waals surface area contributed by atoms with Gasteiger partial charge in [-0.2, -0.15) is 12.6 Å². The molecule has 17 heavy (non-hydrogen) atoms. The number of nitrogens with two attached hydrogens (primary N) is 1. The molecule has 1 saturated heterocycles. The highest BCUT2D eigenvalue weighted by atomic mass is 32.1. The van der Waals surface area contributed by atoms with Crippen molar-refractivity contribution in [1.82, 2.24) is 0 Å². The Bertz CT molecular complexity index is 467. The van der Waals surface area contributed by atoms with E-state index >= 15 is 0 Å². The van der Waals surface area contributed by atoms with E-state index in [-0.39, 0.29) is 23.2 Å². The summed E-state index contributed by atoms with van der Waals surface area (Å²) in [7, 11) is 0. The number of halogens is 2. The van der Waals surface area contributed by atoms with Crippen molar-refractivity contribution >= 4 is 29.9 Å². The van der Waals surface area contributed by atoms with Gasteiger partial charge >= 0.3 is 0 Å². The lowest BCUT2D eigenvalue weighted by atomic mass is 10.1.